The largest absolute Gasteiger partial charge is 0.385 e. The molecule has 0 spiro atoms. The summed E-state index contributed by atoms with van der Waals surface area (Å²) in [4.78, 5) is 0. The van der Waals surface area contributed by atoms with Crippen LogP contribution in [0, 0.1) is 23.5 Å². The molecule has 0 saturated carbocycles. The van der Waals surface area contributed by atoms with Crippen molar-refractivity contribution >= 4 is 0 Å². The Morgan fingerprint density at radius 2 is 1.33 bits per heavy atom. The van der Waals surface area contributed by atoms with Gasteiger partial charge in [0.2, 0.25) is 0 Å². The van der Waals surface area contributed by atoms with E-state index in [-0.39, 0.29) is 11.8 Å². The van der Waals surface area contributed by atoms with Gasteiger partial charge in [0, 0.05) is 6.07 Å². The molecule has 1 aromatic rings. The molecule has 3 heteroatoms. The fourth-order valence-corrected chi connectivity index (χ4v) is 2.49. The Kier molecular flexibility index (Phi) is 4.85. The smallest absolute Gasteiger partial charge is 0.126 e. The molecule has 0 atom stereocenters. The molecule has 0 aliphatic carbocycles. The lowest BCUT2D eigenvalue weighted by Crippen LogP contribution is -2.30. The van der Waals surface area contributed by atoms with E-state index in [9.17, 15) is 13.9 Å². The topological polar surface area (TPSA) is 20.2 Å². The summed E-state index contributed by atoms with van der Waals surface area (Å²) in [6, 6.07) is 3.29. The van der Waals surface area contributed by atoms with Gasteiger partial charge >= 0.3 is 0 Å². The van der Waals surface area contributed by atoms with Crippen molar-refractivity contribution in [3.8, 4) is 0 Å². The number of hydrogen-bond acceptors (Lipinski definition) is 1. The van der Waals surface area contributed by atoms with Gasteiger partial charge in [-0.05, 0) is 42.4 Å². The number of halogens is 2. The van der Waals surface area contributed by atoms with Crippen LogP contribution in [0.25, 0.3) is 0 Å². The Hall–Kier alpha value is -0.960. The number of aliphatic hydroxyl groups is 1. The lowest BCUT2D eigenvalue weighted by atomic mass is 9.80. The molecule has 18 heavy (non-hydrogen) atoms. The fraction of sp³-hybridized carbons (Fsp3) is 0.600. The van der Waals surface area contributed by atoms with E-state index in [1.807, 2.05) is 27.7 Å². The Morgan fingerprint density at radius 3 is 1.67 bits per heavy atom. The molecular weight excluding hydrogens is 234 g/mol. The average molecular weight is 256 g/mol. The van der Waals surface area contributed by atoms with Crippen molar-refractivity contribution in [1.29, 1.82) is 0 Å². The zero-order chi connectivity index (χ0) is 13.9. The molecule has 0 heterocycles. The van der Waals surface area contributed by atoms with E-state index in [0.29, 0.717) is 18.4 Å². The molecule has 1 N–H and O–H groups in total. The first-order valence-corrected chi connectivity index (χ1v) is 6.42. The van der Waals surface area contributed by atoms with Gasteiger partial charge in [0.15, 0.2) is 0 Å². The average Bonchev–Trinajstić information content (AvgIpc) is 2.12. The van der Waals surface area contributed by atoms with E-state index in [1.165, 1.54) is 12.1 Å². The predicted octanol–water partition coefficient (Wildman–Crippen LogP) is 4.24. The SMILES string of the molecule is CC(C)CC(O)(CC(C)C)c1cc(F)cc(F)c1. The maximum atomic E-state index is 13.3. The molecule has 0 radical (unpaired) electrons. The monoisotopic (exact) mass is 256 g/mol. The zero-order valence-electron chi connectivity index (χ0n) is 11.5. The third-order valence-corrected chi connectivity index (χ3v) is 2.89. The molecule has 0 amide bonds. The van der Waals surface area contributed by atoms with Crippen LogP contribution in [0.5, 0.6) is 0 Å². The minimum atomic E-state index is -1.16. The van der Waals surface area contributed by atoms with Crippen LogP contribution < -0.4 is 0 Å². The highest BCUT2D eigenvalue weighted by Crippen LogP contribution is 2.35. The van der Waals surface area contributed by atoms with Gasteiger partial charge in [0.25, 0.3) is 0 Å². The van der Waals surface area contributed by atoms with Gasteiger partial charge in [-0.2, -0.15) is 0 Å². The summed E-state index contributed by atoms with van der Waals surface area (Å²) in [6.07, 6.45) is 0.988. The van der Waals surface area contributed by atoms with Crippen molar-refractivity contribution in [2.45, 2.75) is 46.1 Å². The summed E-state index contributed by atoms with van der Waals surface area (Å²) in [7, 11) is 0. The van der Waals surface area contributed by atoms with Gasteiger partial charge < -0.3 is 5.11 Å². The molecule has 0 fully saturated rings. The summed E-state index contributed by atoms with van der Waals surface area (Å²) in [5.41, 5.74) is -0.826. The van der Waals surface area contributed by atoms with E-state index in [1.54, 1.807) is 0 Å². The summed E-state index contributed by atoms with van der Waals surface area (Å²) in [5, 5.41) is 10.7. The van der Waals surface area contributed by atoms with Crippen molar-refractivity contribution in [1.82, 2.24) is 0 Å². The third kappa shape index (κ3) is 4.05. The van der Waals surface area contributed by atoms with E-state index >= 15 is 0 Å². The van der Waals surface area contributed by atoms with Gasteiger partial charge in [-0.15, -0.1) is 0 Å². The first kappa shape index (κ1) is 15.1. The van der Waals surface area contributed by atoms with Crippen LogP contribution in [0.4, 0.5) is 8.78 Å². The maximum Gasteiger partial charge on any atom is 0.126 e. The van der Waals surface area contributed by atoms with E-state index in [2.05, 4.69) is 0 Å². The molecule has 0 saturated heterocycles. The van der Waals surface area contributed by atoms with Gasteiger partial charge in [-0.25, -0.2) is 8.78 Å². The van der Waals surface area contributed by atoms with E-state index in [4.69, 9.17) is 0 Å². The second-order valence-corrected chi connectivity index (χ2v) is 5.89. The summed E-state index contributed by atoms with van der Waals surface area (Å²) >= 11 is 0. The maximum absolute atomic E-state index is 13.3. The minimum absolute atomic E-state index is 0.250. The molecule has 0 bridgehead atoms. The summed E-state index contributed by atoms with van der Waals surface area (Å²) < 4.78 is 26.6. The van der Waals surface area contributed by atoms with Gasteiger partial charge in [-0.1, -0.05) is 27.7 Å². The van der Waals surface area contributed by atoms with E-state index < -0.39 is 17.2 Å². The lowest BCUT2D eigenvalue weighted by molar-refractivity contribution is -0.00503. The summed E-state index contributed by atoms with van der Waals surface area (Å²) in [6.45, 7) is 7.95. The Morgan fingerprint density at radius 1 is 0.944 bits per heavy atom. The first-order valence-electron chi connectivity index (χ1n) is 6.42. The second-order valence-electron chi connectivity index (χ2n) is 5.89. The van der Waals surface area contributed by atoms with Gasteiger partial charge in [0.1, 0.15) is 11.6 Å². The molecule has 1 nitrogen and oxygen atoms in total. The van der Waals surface area contributed by atoms with Crippen LogP contribution >= 0.6 is 0 Å². The van der Waals surface area contributed by atoms with Crippen LogP contribution in [-0.2, 0) is 5.60 Å². The second kappa shape index (κ2) is 5.79. The molecule has 1 rings (SSSR count). The van der Waals surface area contributed by atoms with Crippen LogP contribution in [0.2, 0.25) is 0 Å². The quantitative estimate of drug-likeness (QED) is 0.835. The first-order chi connectivity index (χ1) is 8.23. The number of rotatable bonds is 5. The molecule has 1 aromatic carbocycles. The minimum Gasteiger partial charge on any atom is -0.385 e. The third-order valence-electron chi connectivity index (χ3n) is 2.89. The molecule has 0 aliphatic heterocycles. The van der Waals surface area contributed by atoms with Crippen LogP contribution in [-0.4, -0.2) is 5.11 Å². The van der Waals surface area contributed by atoms with Crippen molar-refractivity contribution in [2.24, 2.45) is 11.8 Å². The molecule has 102 valence electrons. The lowest BCUT2D eigenvalue weighted by Gasteiger charge is -2.32. The Balaban J connectivity index is 3.15. The van der Waals surface area contributed by atoms with Crippen molar-refractivity contribution < 1.29 is 13.9 Å². The van der Waals surface area contributed by atoms with E-state index in [0.717, 1.165) is 6.07 Å². The van der Waals surface area contributed by atoms with Crippen LogP contribution in [0.15, 0.2) is 18.2 Å². The summed E-state index contributed by atoms with van der Waals surface area (Å²) in [5.74, 6) is -0.785. The van der Waals surface area contributed by atoms with Crippen molar-refractivity contribution in [3.63, 3.8) is 0 Å². The van der Waals surface area contributed by atoms with Gasteiger partial charge in [0.05, 0.1) is 5.60 Å². The predicted molar refractivity (Wildman–Crippen MR) is 69.2 cm³/mol. The van der Waals surface area contributed by atoms with Crippen LogP contribution in [0.3, 0.4) is 0 Å². The standard InChI is InChI=1S/C15H22F2O/c1-10(2)8-15(18,9-11(3)4)12-5-13(16)7-14(17)6-12/h5-7,10-11,18H,8-9H2,1-4H3. The molecule has 0 aliphatic rings. The number of benzene rings is 1. The molecular formula is C15H22F2O. The normalized spacial score (nSPS) is 12.5. The highest BCUT2D eigenvalue weighted by molar-refractivity contribution is 5.24. The zero-order valence-corrected chi connectivity index (χ0v) is 11.5. The molecule has 0 aromatic heterocycles. The fourth-order valence-electron chi connectivity index (χ4n) is 2.49. The number of hydrogen-bond donors (Lipinski definition) is 1. The highest BCUT2D eigenvalue weighted by Gasteiger charge is 2.31. The van der Waals surface area contributed by atoms with Crippen LogP contribution in [0.1, 0.15) is 46.1 Å². The molecule has 0 unspecified atom stereocenters. The van der Waals surface area contributed by atoms with Crippen molar-refractivity contribution in [2.75, 3.05) is 0 Å². The van der Waals surface area contributed by atoms with Crippen molar-refractivity contribution in [3.05, 3.63) is 35.4 Å². The Bertz CT molecular complexity index is 369. The Labute approximate surface area is 108 Å². The van der Waals surface area contributed by atoms with Gasteiger partial charge in [-0.3, -0.25) is 0 Å². The highest BCUT2D eigenvalue weighted by atomic mass is 19.1.